The van der Waals surface area contributed by atoms with E-state index < -0.39 is 25.8 Å². The molecule has 2 aromatic carbocycles. The number of rotatable bonds is 5. The summed E-state index contributed by atoms with van der Waals surface area (Å²) in [7, 11) is 0. The van der Waals surface area contributed by atoms with Crippen molar-refractivity contribution in [3.63, 3.8) is 0 Å². The van der Waals surface area contributed by atoms with Crippen molar-refractivity contribution in [1.29, 1.82) is 0 Å². The first-order valence-corrected chi connectivity index (χ1v) is 12.5. The average molecular weight is 524 g/mol. The Hall–Kier alpha value is -1.16. The maximum absolute atomic E-state index is 12.1. The van der Waals surface area contributed by atoms with Crippen molar-refractivity contribution in [1.82, 2.24) is 0 Å². The second-order valence-corrected chi connectivity index (χ2v) is 10.3. The molecule has 0 aliphatic carbocycles. The molecule has 0 aliphatic heterocycles. The van der Waals surface area contributed by atoms with Gasteiger partial charge in [-0.15, -0.1) is 0 Å². The van der Waals surface area contributed by atoms with E-state index in [4.69, 9.17) is 7.80 Å². The van der Waals surface area contributed by atoms with Gasteiger partial charge in [-0.3, -0.25) is 0 Å². The summed E-state index contributed by atoms with van der Waals surface area (Å²) >= 11 is 0.229. The van der Waals surface area contributed by atoms with Crippen LogP contribution in [0.3, 0.4) is 0 Å². The summed E-state index contributed by atoms with van der Waals surface area (Å²) in [5.41, 5.74) is 1.07. The number of alkyl halides is 2. The molecule has 0 heterocycles. The van der Waals surface area contributed by atoms with Crippen LogP contribution in [0.25, 0.3) is 0 Å². The SMILES string of the molecule is CI(C)C(=O)c1ccc(C(=O)Oc2cccc(OI)c2)cc1. The summed E-state index contributed by atoms with van der Waals surface area (Å²) < 4.78 is 10.6. The fraction of sp³-hybridized carbons (Fsp3) is 0.125. The fourth-order valence-electron chi connectivity index (χ4n) is 1.71. The molecule has 0 aliphatic rings. The summed E-state index contributed by atoms with van der Waals surface area (Å²) in [4.78, 5) is 28.0. The van der Waals surface area contributed by atoms with Gasteiger partial charge in [0.2, 0.25) is 0 Å². The van der Waals surface area contributed by atoms with Crippen molar-refractivity contribution in [2.24, 2.45) is 0 Å². The molecule has 0 radical (unpaired) electrons. The van der Waals surface area contributed by atoms with Crippen LogP contribution in [-0.2, 0) is 0 Å². The molecule has 0 saturated carbocycles. The van der Waals surface area contributed by atoms with Crippen molar-refractivity contribution >= 4 is 52.6 Å². The van der Waals surface area contributed by atoms with Crippen molar-refractivity contribution < 1.29 is 17.4 Å². The van der Waals surface area contributed by atoms with Crippen LogP contribution in [0.15, 0.2) is 48.5 Å². The average Bonchev–Trinajstić information content (AvgIpc) is 2.54. The second kappa shape index (κ2) is 7.91. The van der Waals surface area contributed by atoms with Gasteiger partial charge in [0, 0.05) is 0 Å². The third kappa shape index (κ3) is 4.42. The van der Waals surface area contributed by atoms with Gasteiger partial charge in [0.15, 0.2) is 0 Å². The molecule has 0 bridgehead atoms. The van der Waals surface area contributed by atoms with Crippen LogP contribution in [0.2, 0.25) is 0 Å². The van der Waals surface area contributed by atoms with Crippen LogP contribution in [0.1, 0.15) is 20.7 Å². The Morgan fingerprint density at radius 1 is 0.955 bits per heavy atom. The minimum atomic E-state index is -1.53. The van der Waals surface area contributed by atoms with Crippen LogP contribution in [0.4, 0.5) is 0 Å². The van der Waals surface area contributed by atoms with Crippen LogP contribution in [0, 0.1) is 0 Å². The summed E-state index contributed by atoms with van der Waals surface area (Å²) in [6.07, 6.45) is 0. The minimum absolute atomic E-state index is 0.205. The summed E-state index contributed by atoms with van der Waals surface area (Å²) in [5, 5.41) is 0. The third-order valence-corrected chi connectivity index (χ3v) is 5.89. The van der Waals surface area contributed by atoms with E-state index in [9.17, 15) is 9.59 Å². The van der Waals surface area contributed by atoms with E-state index in [2.05, 4.69) is 0 Å². The molecule has 22 heavy (non-hydrogen) atoms. The summed E-state index contributed by atoms with van der Waals surface area (Å²) in [6.45, 7) is 0. The van der Waals surface area contributed by atoms with Crippen LogP contribution < -0.4 is 7.80 Å². The Morgan fingerprint density at radius 3 is 2.14 bits per heavy atom. The van der Waals surface area contributed by atoms with E-state index in [1.165, 1.54) is 0 Å². The van der Waals surface area contributed by atoms with Gasteiger partial charge in [0.1, 0.15) is 0 Å². The Morgan fingerprint density at radius 2 is 1.55 bits per heavy atom. The number of hydrogen-bond acceptors (Lipinski definition) is 4. The number of benzene rings is 2. The van der Waals surface area contributed by atoms with Gasteiger partial charge in [0.25, 0.3) is 0 Å². The molecular weight excluding hydrogens is 510 g/mol. The zero-order chi connectivity index (χ0) is 16.1. The second-order valence-electron chi connectivity index (χ2n) is 4.55. The van der Waals surface area contributed by atoms with Gasteiger partial charge in [0.05, 0.1) is 0 Å². The molecule has 0 unspecified atom stereocenters. The number of ether oxygens (including phenoxy) is 1. The van der Waals surface area contributed by atoms with Gasteiger partial charge in [-0.2, -0.15) is 0 Å². The molecule has 0 aromatic heterocycles. The monoisotopic (exact) mass is 524 g/mol. The Balaban J connectivity index is 2.11. The number of hydrogen-bond donors (Lipinski definition) is 0. The quantitative estimate of drug-likeness (QED) is 0.190. The van der Waals surface area contributed by atoms with E-state index in [1.54, 1.807) is 71.5 Å². The Bertz CT molecular complexity index is 681. The fourth-order valence-corrected chi connectivity index (χ4v) is 3.59. The normalized spacial score (nSPS) is 10.8. The third-order valence-electron chi connectivity index (χ3n) is 2.80. The van der Waals surface area contributed by atoms with Gasteiger partial charge in [-0.1, -0.05) is 0 Å². The molecule has 0 saturated heterocycles. The van der Waals surface area contributed by atoms with Crippen LogP contribution >= 0.6 is 42.8 Å². The first-order valence-electron chi connectivity index (χ1n) is 6.26. The van der Waals surface area contributed by atoms with Gasteiger partial charge in [-0.05, 0) is 0 Å². The molecule has 6 heteroatoms. The van der Waals surface area contributed by atoms with E-state index in [0.29, 0.717) is 22.6 Å². The predicted molar refractivity (Wildman–Crippen MR) is 103 cm³/mol. The van der Waals surface area contributed by atoms with Crippen molar-refractivity contribution in [3.05, 3.63) is 59.7 Å². The first kappa shape index (κ1) is 17.2. The number of halogens is 2. The van der Waals surface area contributed by atoms with Gasteiger partial charge >= 0.3 is 151 Å². The van der Waals surface area contributed by atoms with E-state index in [-0.39, 0.29) is 3.79 Å². The molecule has 0 N–H and O–H groups in total. The number of carbonyl (C=O) groups excluding carboxylic acids is 2. The Kier molecular flexibility index (Phi) is 6.18. The molecule has 4 nitrogen and oxygen atoms in total. The molecular formula is C16H14I2O4. The predicted octanol–water partition coefficient (Wildman–Crippen LogP) is 4.54. The molecule has 0 spiro atoms. The van der Waals surface area contributed by atoms with Crippen LogP contribution in [0.5, 0.6) is 11.5 Å². The zero-order valence-electron chi connectivity index (χ0n) is 12.0. The van der Waals surface area contributed by atoms with Gasteiger partial charge in [-0.25, -0.2) is 0 Å². The molecule has 116 valence electrons. The van der Waals surface area contributed by atoms with Crippen molar-refractivity contribution in [2.45, 2.75) is 0 Å². The van der Waals surface area contributed by atoms with Crippen LogP contribution in [-0.4, -0.2) is 19.6 Å². The topological polar surface area (TPSA) is 52.6 Å². The molecule has 2 rings (SSSR count). The van der Waals surface area contributed by atoms with Gasteiger partial charge < -0.3 is 0 Å². The van der Waals surface area contributed by atoms with E-state index >= 15 is 0 Å². The summed E-state index contributed by atoms with van der Waals surface area (Å²) in [6, 6.07) is 13.4. The number of esters is 1. The van der Waals surface area contributed by atoms with Crippen molar-refractivity contribution in [2.75, 3.05) is 9.86 Å². The molecule has 0 fully saturated rings. The number of carbonyl (C=O) groups is 2. The standard InChI is InChI=1S/C16H14I2O4/c1-18(2)15(19)11-6-8-12(9-7-11)16(20)21-13-4-3-5-14(10-13)22-17/h3-10H,1-2H3. The van der Waals surface area contributed by atoms with E-state index in [0.717, 1.165) is 0 Å². The molecule has 0 amide bonds. The Labute approximate surface area is 150 Å². The molecule has 0 atom stereocenters. The summed E-state index contributed by atoms with van der Waals surface area (Å²) in [5.74, 6) is 0.553. The van der Waals surface area contributed by atoms with E-state index in [1.807, 2.05) is 9.86 Å². The zero-order valence-corrected chi connectivity index (χ0v) is 16.3. The van der Waals surface area contributed by atoms with Crippen molar-refractivity contribution in [3.8, 4) is 11.5 Å². The maximum atomic E-state index is 12.1. The first-order chi connectivity index (χ1) is 10.5. The molecule has 2 aromatic rings.